The molecule has 0 saturated heterocycles. The average molecular weight is 274 g/mol. The van der Waals surface area contributed by atoms with E-state index in [0.29, 0.717) is 0 Å². The molecule has 1 rings (SSSR count). The molecule has 0 aliphatic rings. The Kier molecular flexibility index (Phi) is 5.78. The lowest BCUT2D eigenvalue weighted by atomic mass is 9.82. The molecule has 3 heteroatoms. The molecule has 1 aromatic carbocycles. The third-order valence-electron chi connectivity index (χ3n) is 2.91. The summed E-state index contributed by atoms with van der Waals surface area (Å²) in [5, 5.41) is 4.92. The Balaban J connectivity index is 2.65. The van der Waals surface area contributed by atoms with E-state index in [9.17, 15) is 0 Å². The topological polar surface area (TPSA) is 12.0 Å². The van der Waals surface area contributed by atoms with Crippen molar-refractivity contribution < 1.29 is 0 Å². The molecule has 0 radical (unpaired) electrons. The van der Waals surface area contributed by atoms with E-state index in [1.807, 2.05) is 18.2 Å². The number of rotatable bonds is 6. The smallest absolute Gasteiger partial charge is 0.0439 e. The van der Waals surface area contributed by atoms with Gasteiger partial charge in [-0.1, -0.05) is 44.0 Å². The first-order valence-electron chi connectivity index (χ1n) is 6.09. The summed E-state index contributed by atoms with van der Waals surface area (Å²) < 4.78 is 0. The number of hydrogen-bond donors (Lipinski definition) is 1. The Hall–Kier alpha value is -0.240. The van der Waals surface area contributed by atoms with E-state index in [-0.39, 0.29) is 5.41 Å². The molecule has 0 fully saturated rings. The predicted octanol–water partition coefficient (Wildman–Crippen LogP) is 4.56. The molecule has 1 N–H and O–H groups in total. The van der Waals surface area contributed by atoms with Gasteiger partial charge in [-0.15, -0.1) is 0 Å². The second-order valence-corrected chi connectivity index (χ2v) is 6.02. The molecule has 1 nitrogen and oxygen atoms in total. The van der Waals surface area contributed by atoms with E-state index in [0.717, 1.165) is 41.5 Å². The van der Waals surface area contributed by atoms with Gasteiger partial charge in [0.25, 0.3) is 0 Å². The highest BCUT2D eigenvalue weighted by Crippen LogP contribution is 2.30. The second-order valence-electron chi connectivity index (χ2n) is 5.18. The van der Waals surface area contributed by atoms with Crippen molar-refractivity contribution in [3.05, 3.63) is 33.8 Å². The first kappa shape index (κ1) is 14.8. The van der Waals surface area contributed by atoms with Gasteiger partial charge in [0.05, 0.1) is 0 Å². The number of nitrogens with one attached hydrogen (secondary N) is 1. The molecular weight excluding hydrogens is 253 g/mol. The summed E-state index contributed by atoms with van der Waals surface area (Å²) in [6.07, 6.45) is 2.08. The molecular formula is C14H21Cl2N. The Morgan fingerprint density at radius 2 is 1.94 bits per heavy atom. The lowest BCUT2D eigenvalue weighted by molar-refractivity contribution is 0.327. The summed E-state index contributed by atoms with van der Waals surface area (Å²) in [7, 11) is 0. The molecule has 0 bridgehead atoms. The highest BCUT2D eigenvalue weighted by molar-refractivity contribution is 6.33. The standard InChI is InChI=1S/C14H21Cl2N/c1-4-17-8-7-14(2,3)10-11-9-12(15)5-6-13(11)16/h5-6,9,17H,4,7-8,10H2,1-3H3. The molecule has 0 aliphatic carbocycles. The van der Waals surface area contributed by atoms with Crippen LogP contribution in [0.4, 0.5) is 0 Å². The van der Waals surface area contributed by atoms with Gasteiger partial charge in [0.1, 0.15) is 0 Å². The van der Waals surface area contributed by atoms with Crippen LogP contribution < -0.4 is 5.32 Å². The summed E-state index contributed by atoms with van der Waals surface area (Å²) in [4.78, 5) is 0. The van der Waals surface area contributed by atoms with Crippen molar-refractivity contribution in [1.82, 2.24) is 5.32 Å². The summed E-state index contributed by atoms with van der Waals surface area (Å²) in [6.45, 7) is 8.72. The molecule has 0 aliphatic heterocycles. The predicted molar refractivity (Wildman–Crippen MR) is 77.1 cm³/mol. The van der Waals surface area contributed by atoms with Gasteiger partial charge in [0, 0.05) is 10.0 Å². The van der Waals surface area contributed by atoms with Gasteiger partial charge in [0.15, 0.2) is 0 Å². The molecule has 0 atom stereocenters. The fraction of sp³-hybridized carbons (Fsp3) is 0.571. The number of benzene rings is 1. The van der Waals surface area contributed by atoms with E-state index in [2.05, 4.69) is 26.1 Å². The van der Waals surface area contributed by atoms with Crippen molar-refractivity contribution in [2.75, 3.05) is 13.1 Å². The summed E-state index contributed by atoms with van der Waals surface area (Å²) >= 11 is 12.2. The van der Waals surface area contributed by atoms with Crippen molar-refractivity contribution in [3.63, 3.8) is 0 Å². The second kappa shape index (κ2) is 6.63. The largest absolute Gasteiger partial charge is 0.317 e. The van der Waals surface area contributed by atoms with Crippen LogP contribution in [-0.2, 0) is 6.42 Å². The van der Waals surface area contributed by atoms with Crippen LogP contribution in [0.1, 0.15) is 32.8 Å². The van der Waals surface area contributed by atoms with Crippen LogP contribution in [-0.4, -0.2) is 13.1 Å². The maximum atomic E-state index is 6.19. The summed E-state index contributed by atoms with van der Waals surface area (Å²) in [5.74, 6) is 0. The van der Waals surface area contributed by atoms with Gasteiger partial charge < -0.3 is 5.32 Å². The van der Waals surface area contributed by atoms with Crippen molar-refractivity contribution in [2.24, 2.45) is 5.41 Å². The zero-order chi connectivity index (χ0) is 12.9. The molecule has 0 heterocycles. The molecule has 17 heavy (non-hydrogen) atoms. The van der Waals surface area contributed by atoms with E-state index in [1.54, 1.807) is 0 Å². The highest BCUT2D eigenvalue weighted by Gasteiger charge is 2.19. The maximum Gasteiger partial charge on any atom is 0.0439 e. The third kappa shape index (κ3) is 5.29. The minimum absolute atomic E-state index is 0.233. The number of hydrogen-bond acceptors (Lipinski definition) is 1. The van der Waals surface area contributed by atoms with Gasteiger partial charge in [-0.3, -0.25) is 0 Å². The van der Waals surface area contributed by atoms with E-state index >= 15 is 0 Å². The Bertz CT molecular complexity index is 361. The quantitative estimate of drug-likeness (QED) is 0.750. The van der Waals surface area contributed by atoms with E-state index in [1.165, 1.54) is 0 Å². The van der Waals surface area contributed by atoms with Gasteiger partial charge in [0.2, 0.25) is 0 Å². The molecule has 1 aromatic rings. The fourth-order valence-corrected chi connectivity index (χ4v) is 2.27. The Labute approximate surface area is 115 Å². The van der Waals surface area contributed by atoms with Gasteiger partial charge in [-0.05, 0) is 55.1 Å². The van der Waals surface area contributed by atoms with Crippen LogP contribution in [0.3, 0.4) is 0 Å². The zero-order valence-electron chi connectivity index (χ0n) is 10.8. The van der Waals surface area contributed by atoms with E-state index < -0.39 is 0 Å². The Morgan fingerprint density at radius 1 is 1.24 bits per heavy atom. The SMILES string of the molecule is CCNCCC(C)(C)Cc1cc(Cl)ccc1Cl. The Morgan fingerprint density at radius 3 is 2.59 bits per heavy atom. The lowest BCUT2D eigenvalue weighted by Gasteiger charge is -2.25. The van der Waals surface area contributed by atoms with Gasteiger partial charge in [-0.25, -0.2) is 0 Å². The van der Waals surface area contributed by atoms with Crippen molar-refractivity contribution in [3.8, 4) is 0 Å². The normalized spacial score (nSPS) is 11.8. The minimum atomic E-state index is 0.233. The van der Waals surface area contributed by atoms with Crippen LogP contribution in [0.15, 0.2) is 18.2 Å². The van der Waals surface area contributed by atoms with Crippen molar-refractivity contribution in [2.45, 2.75) is 33.6 Å². The first-order valence-corrected chi connectivity index (χ1v) is 6.85. The van der Waals surface area contributed by atoms with Crippen LogP contribution in [0, 0.1) is 5.41 Å². The van der Waals surface area contributed by atoms with Gasteiger partial charge >= 0.3 is 0 Å². The number of halogens is 2. The van der Waals surface area contributed by atoms with E-state index in [4.69, 9.17) is 23.2 Å². The fourth-order valence-electron chi connectivity index (χ4n) is 1.89. The molecule has 0 spiro atoms. The molecule has 0 unspecified atom stereocenters. The van der Waals surface area contributed by atoms with Crippen LogP contribution in [0.5, 0.6) is 0 Å². The highest BCUT2D eigenvalue weighted by atomic mass is 35.5. The molecule has 0 saturated carbocycles. The lowest BCUT2D eigenvalue weighted by Crippen LogP contribution is -2.24. The third-order valence-corrected chi connectivity index (χ3v) is 3.51. The van der Waals surface area contributed by atoms with Crippen LogP contribution >= 0.6 is 23.2 Å². The van der Waals surface area contributed by atoms with Crippen molar-refractivity contribution >= 4 is 23.2 Å². The monoisotopic (exact) mass is 273 g/mol. The molecule has 0 aromatic heterocycles. The molecule has 0 amide bonds. The van der Waals surface area contributed by atoms with Crippen LogP contribution in [0.25, 0.3) is 0 Å². The minimum Gasteiger partial charge on any atom is -0.317 e. The van der Waals surface area contributed by atoms with Gasteiger partial charge in [-0.2, -0.15) is 0 Å². The summed E-state index contributed by atoms with van der Waals surface area (Å²) in [5.41, 5.74) is 1.37. The van der Waals surface area contributed by atoms with Crippen molar-refractivity contribution in [1.29, 1.82) is 0 Å². The molecule has 96 valence electrons. The average Bonchev–Trinajstić information content (AvgIpc) is 2.23. The maximum absolute atomic E-state index is 6.19. The summed E-state index contributed by atoms with van der Waals surface area (Å²) in [6, 6.07) is 5.68. The first-order chi connectivity index (χ1) is 7.94. The zero-order valence-corrected chi connectivity index (χ0v) is 12.3. The van der Waals surface area contributed by atoms with Crippen LogP contribution in [0.2, 0.25) is 10.0 Å².